The van der Waals surface area contributed by atoms with Crippen molar-refractivity contribution in [2.75, 3.05) is 12.1 Å². The van der Waals surface area contributed by atoms with Gasteiger partial charge in [0.15, 0.2) is 11.5 Å². The van der Waals surface area contributed by atoms with Gasteiger partial charge < -0.3 is 14.8 Å². The van der Waals surface area contributed by atoms with Gasteiger partial charge in [-0.05, 0) is 24.3 Å². The number of amides is 1. The molecule has 0 saturated carbocycles. The van der Waals surface area contributed by atoms with Crippen molar-refractivity contribution in [3.05, 3.63) is 58.6 Å². The van der Waals surface area contributed by atoms with Crippen LogP contribution >= 0.6 is 0 Å². The van der Waals surface area contributed by atoms with E-state index in [1.807, 2.05) is 12.1 Å². The second kappa shape index (κ2) is 6.51. The second-order valence-electron chi connectivity index (χ2n) is 6.03. The average molecular weight is 351 g/mol. The van der Waals surface area contributed by atoms with Crippen LogP contribution in [-0.2, 0) is 18.3 Å². The van der Waals surface area contributed by atoms with Gasteiger partial charge in [-0.1, -0.05) is 12.1 Å². The zero-order valence-corrected chi connectivity index (χ0v) is 14.2. The summed E-state index contributed by atoms with van der Waals surface area (Å²) >= 11 is 0. The number of nitrogens with one attached hydrogen (secondary N) is 1. The number of nitrogens with zero attached hydrogens (tertiary/aromatic N) is 2. The van der Waals surface area contributed by atoms with Gasteiger partial charge in [0.05, 0.1) is 10.9 Å². The number of rotatable bonds is 4. The molecule has 1 aliphatic heterocycles. The first-order valence-electron chi connectivity index (χ1n) is 8.26. The summed E-state index contributed by atoms with van der Waals surface area (Å²) in [6, 6.07) is 12.4. The Balaban J connectivity index is 1.47. The molecular weight excluding hydrogens is 334 g/mol. The molecule has 1 N–H and O–H groups in total. The number of carbonyl (C=O) groups excluding carboxylic acids is 1. The summed E-state index contributed by atoms with van der Waals surface area (Å²) in [5, 5.41) is 3.40. The van der Waals surface area contributed by atoms with Crippen LogP contribution in [0.5, 0.6) is 11.5 Å². The number of hydrogen-bond acceptors (Lipinski definition) is 5. The summed E-state index contributed by atoms with van der Waals surface area (Å²) in [6.45, 7) is 0.189. The maximum Gasteiger partial charge on any atom is 0.261 e. The van der Waals surface area contributed by atoms with E-state index in [0.29, 0.717) is 40.3 Å². The number of benzene rings is 2. The van der Waals surface area contributed by atoms with Gasteiger partial charge in [-0.2, -0.15) is 0 Å². The fourth-order valence-electron chi connectivity index (χ4n) is 2.91. The summed E-state index contributed by atoms with van der Waals surface area (Å²) in [4.78, 5) is 29.1. The third-order valence-electron chi connectivity index (χ3n) is 4.31. The van der Waals surface area contributed by atoms with Crippen molar-refractivity contribution in [2.24, 2.45) is 7.05 Å². The molecule has 0 aliphatic carbocycles. The maximum atomic E-state index is 12.4. The lowest BCUT2D eigenvalue weighted by Crippen LogP contribution is -2.23. The van der Waals surface area contributed by atoms with E-state index in [4.69, 9.17) is 9.47 Å². The molecule has 0 unspecified atom stereocenters. The van der Waals surface area contributed by atoms with Gasteiger partial charge in [0, 0.05) is 31.6 Å². The van der Waals surface area contributed by atoms with Crippen molar-refractivity contribution < 1.29 is 14.3 Å². The van der Waals surface area contributed by atoms with E-state index in [9.17, 15) is 9.59 Å². The molecule has 0 bridgehead atoms. The lowest BCUT2D eigenvalue weighted by molar-refractivity contribution is -0.116. The number of para-hydroxylation sites is 1. The van der Waals surface area contributed by atoms with E-state index < -0.39 is 0 Å². The minimum absolute atomic E-state index is 0.109. The minimum Gasteiger partial charge on any atom is -0.454 e. The van der Waals surface area contributed by atoms with Gasteiger partial charge in [-0.15, -0.1) is 0 Å². The fraction of sp³-hybridized carbons (Fsp3) is 0.211. The molecule has 2 aromatic carbocycles. The number of hydrogen-bond donors (Lipinski definition) is 1. The van der Waals surface area contributed by atoms with Gasteiger partial charge in [0.2, 0.25) is 12.7 Å². The first kappa shape index (κ1) is 16.1. The summed E-state index contributed by atoms with van der Waals surface area (Å²) in [7, 11) is 1.67. The van der Waals surface area contributed by atoms with Crippen molar-refractivity contribution in [3.63, 3.8) is 0 Å². The highest BCUT2D eigenvalue weighted by Gasteiger charge is 2.15. The first-order valence-corrected chi connectivity index (χ1v) is 8.26. The van der Waals surface area contributed by atoms with Gasteiger partial charge in [-0.25, -0.2) is 4.98 Å². The Hall–Kier alpha value is -3.35. The average Bonchev–Trinajstić information content (AvgIpc) is 3.11. The molecule has 0 atom stereocenters. The molecule has 0 spiro atoms. The van der Waals surface area contributed by atoms with Gasteiger partial charge >= 0.3 is 0 Å². The SMILES string of the molecule is Cn1c(CCC(=O)Nc2ccc3c(c2)OCO3)nc2ccccc2c1=O. The molecule has 132 valence electrons. The number of aryl methyl sites for hydroxylation is 1. The Bertz CT molecular complexity index is 1060. The number of anilines is 1. The normalized spacial score (nSPS) is 12.3. The highest BCUT2D eigenvalue weighted by Crippen LogP contribution is 2.34. The predicted octanol–water partition coefficient (Wildman–Crippen LogP) is 2.23. The molecule has 0 fully saturated rings. The summed E-state index contributed by atoms with van der Waals surface area (Å²) in [5.74, 6) is 1.69. The number of carbonyl (C=O) groups is 1. The summed E-state index contributed by atoms with van der Waals surface area (Å²) in [5.41, 5.74) is 1.17. The second-order valence-corrected chi connectivity index (χ2v) is 6.03. The van der Waals surface area contributed by atoms with Crippen molar-refractivity contribution >= 4 is 22.5 Å². The molecule has 4 rings (SSSR count). The van der Waals surface area contributed by atoms with E-state index in [1.165, 1.54) is 4.57 Å². The van der Waals surface area contributed by atoms with E-state index in [-0.39, 0.29) is 24.7 Å². The van der Waals surface area contributed by atoms with Crippen molar-refractivity contribution in [2.45, 2.75) is 12.8 Å². The van der Waals surface area contributed by atoms with E-state index in [2.05, 4.69) is 10.3 Å². The van der Waals surface area contributed by atoms with Gasteiger partial charge in [0.1, 0.15) is 5.82 Å². The molecule has 0 radical (unpaired) electrons. The smallest absolute Gasteiger partial charge is 0.261 e. The molecular formula is C19H17N3O4. The number of aromatic nitrogens is 2. The van der Waals surface area contributed by atoms with Crippen LogP contribution in [0.4, 0.5) is 5.69 Å². The van der Waals surface area contributed by atoms with Crippen LogP contribution in [-0.4, -0.2) is 22.3 Å². The van der Waals surface area contributed by atoms with Crippen LogP contribution in [0.15, 0.2) is 47.3 Å². The molecule has 7 nitrogen and oxygen atoms in total. The van der Waals surface area contributed by atoms with Crippen LogP contribution in [0.1, 0.15) is 12.2 Å². The molecule has 1 amide bonds. The standard InChI is InChI=1S/C19H17N3O4/c1-22-17(21-14-5-3-2-4-13(14)19(22)24)8-9-18(23)20-12-6-7-15-16(10-12)26-11-25-15/h2-7,10H,8-9,11H2,1H3,(H,20,23). The van der Waals surface area contributed by atoms with Gasteiger partial charge in [0.25, 0.3) is 5.56 Å². The predicted molar refractivity (Wildman–Crippen MR) is 96.5 cm³/mol. The quantitative estimate of drug-likeness (QED) is 0.779. The van der Waals surface area contributed by atoms with E-state index >= 15 is 0 Å². The lowest BCUT2D eigenvalue weighted by Gasteiger charge is -2.10. The number of fused-ring (bicyclic) bond motifs is 2. The molecule has 0 saturated heterocycles. The van der Waals surface area contributed by atoms with E-state index in [1.54, 1.807) is 37.4 Å². The Morgan fingerprint density at radius 1 is 1.19 bits per heavy atom. The zero-order valence-electron chi connectivity index (χ0n) is 14.2. The Labute approximate surface area is 149 Å². The third kappa shape index (κ3) is 2.99. The van der Waals surface area contributed by atoms with Crippen LogP contribution in [0.3, 0.4) is 0 Å². The monoisotopic (exact) mass is 351 g/mol. The van der Waals surface area contributed by atoms with Crippen LogP contribution in [0.25, 0.3) is 10.9 Å². The molecule has 26 heavy (non-hydrogen) atoms. The van der Waals surface area contributed by atoms with Crippen LogP contribution < -0.4 is 20.3 Å². The molecule has 2 heterocycles. The Morgan fingerprint density at radius 2 is 2.00 bits per heavy atom. The van der Waals surface area contributed by atoms with Crippen molar-refractivity contribution in [1.29, 1.82) is 0 Å². The molecule has 3 aromatic rings. The van der Waals surface area contributed by atoms with Crippen molar-refractivity contribution in [1.82, 2.24) is 9.55 Å². The minimum atomic E-state index is -0.161. The highest BCUT2D eigenvalue weighted by atomic mass is 16.7. The topological polar surface area (TPSA) is 82.5 Å². The molecule has 7 heteroatoms. The summed E-state index contributed by atoms with van der Waals surface area (Å²) in [6.07, 6.45) is 0.583. The fourth-order valence-corrected chi connectivity index (χ4v) is 2.91. The molecule has 1 aliphatic rings. The largest absolute Gasteiger partial charge is 0.454 e. The lowest BCUT2D eigenvalue weighted by atomic mass is 10.2. The molecule has 1 aromatic heterocycles. The summed E-state index contributed by atoms with van der Waals surface area (Å²) < 4.78 is 12.0. The zero-order chi connectivity index (χ0) is 18.1. The highest BCUT2D eigenvalue weighted by molar-refractivity contribution is 5.91. The van der Waals surface area contributed by atoms with E-state index in [0.717, 1.165) is 0 Å². The Morgan fingerprint density at radius 3 is 2.88 bits per heavy atom. The van der Waals surface area contributed by atoms with Crippen LogP contribution in [0, 0.1) is 0 Å². The third-order valence-corrected chi connectivity index (χ3v) is 4.31. The van der Waals surface area contributed by atoms with Crippen molar-refractivity contribution in [3.8, 4) is 11.5 Å². The maximum absolute atomic E-state index is 12.4. The number of ether oxygens (including phenoxy) is 2. The van der Waals surface area contributed by atoms with Crippen LogP contribution in [0.2, 0.25) is 0 Å². The Kier molecular flexibility index (Phi) is 4.04. The van der Waals surface area contributed by atoms with Gasteiger partial charge in [-0.3, -0.25) is 14.2 Å². The first-order chi connectivity index (χ1) is 12.6.